The lowest BCUT2D eigenvalue weighted by Gasteiger charge is -2.38. The van der Waals surface area contributed by atoms with E-state index in [4.69, 9.17) is 4.43 Å². The van der Waals surface area contributed by atoms with E-state index in [0.717, 1.165) is 32.1 Å². The number of hydrogen-bond acceptors (Lipinski definition) is 4. The summed E-state index contributed by atoms with van der Waals surface area (Å²) in [5.41, 5.74) is 0. The Morgan fingerprint density at radius 1 is 1.19 bits per heavy atom. The van der Waals surface area contributed by atoms with Gasteiger partial charge in [-0.2, -0.15) is 0 Å². The van der Waals surface area contributed by atoms with Gasteiger partial charge in [-0.25, -0.2) is 0 Å². The second-order valence-corrected chi connectivity index (χ2v) is 15.2. The first-order valence-electron chi connectivity index (χ1n) is 12.3. The van der Waals surface area contributed by atoms with E-state index in [-0.39, 0.29) is 34.7 Å². The lowest BCUT2D eigenvalue weighted by molar-refractivity contribution is -0.140. The van der Waals surface area contributed by atoms with Crippen LogP contribution in [0, 0.1) is 11.8 Å². The van der Waals surface area contributed by atoms with Crippen molar-refractivity contribution in [2.45, 2.75) is 103 Å². The SMILES string of the molecule is CCCCCC(/C=C/C1C=CC(=O)C1C/C=C/CCCC(=O)OC)O[Si](C)(C)C(C)(C)C. The fourth-order valence-electron chi connectivity index (χ4n) is 3.55. The highest BCUT2D eigenvalue weighted by atomic mass is 28.4. The van der Waals surface area contributed by atoms with Gasteiger partial charge in [0.1, 0.15) is 0 Å². The summed E-state index contributed by atoms with van der Waals surface area (Å²) >= 11 is 0. The zero-order chi connectivity index (χ0) is 24.2. The minimum absolute atomic E-state index is 0.0349. The van der Waals surface area contributed by atoms with Gasteiger partial charge >= 0.3 is 5.97 Å². The van der Waals surface area contributed by atoms with Crippen LogP contribution in [-0.4, -0.2) is 33.3 Å². The third-order valence-corrected chi connectivity index (χ3v) is 11.2. The summed E-state index contributed by atoms with van der Waals surface area (Å²) in [6.07, 6.45) is 19.8. The Morgan fingerprint density at radius 2 is 1.91 bits per heavy atom. The highest BCUT2D eigenvalue weighted by molar-refractivity contribution is 6.74. The van der Waals surface area contributed by atoms with Gasteiger partial charge in [0.25, 0.3) is 0 Å². The molecule has 32 heavy (non-hydrogen) atoms. The molecule has 5 heteroatoms. The molecular formula is C27H46O4Si. The summed E-state index contributed by atoms with van der Waals surface area (Å²) in [6.45, 7) is 13.7. The molecule has 0 N–H and O–H groups in total. The summed E-state index contributed by atoms with van der Waals surface area (Å²) in [5.74, 6) is 0.116. The van der Waals surface area contributed by atoms with E-state index in [1.807, 2.05) is 6.08 Å². The Kier molecular flexibility index (Phi) is 12.4. The molecule has 0 saturated heterocycles. The molecule has 0 heterocycles. The standard InChI is InChI=1S/C27H46O4Si/c1-8-9-12-15-23(31-32(6,7)27(2,3)4)20-18-22-19-21-25(28)24(22)16-13-10-11-14-17-26(29)30-5/h10,13,18-24H,8-9,11-12,14-17H2,1-7H3/b13-10+,20-18+. The molecule has 0 aromatic heterocycles. The third kappa shape index (κ3) is 9.99. The third-order valence-electron chi connectivity index (χ3n) is 6.74. The van der Waals surface area contributed by atoms with Crippen molar-refractivity contribution in [3.05, 3.63) is 36.5 Å². The number of allylic oxidation sites excluding steroid dienone is 5. The molecule has 0 aromatic rings. The Morgan fingerprint density at radius 3 is 2.53 bits per heavy atom. The maximum absolute atomic E-state index is 12.4. The number of esters is 1. The molecule has 0 aliphatic heterocycles. The molecule has 1 aliphatic carbocycles. The lowest BCUT2D eigenvalue weighted by Crippen LogP contribution is -2.43. The van der Waals surface area contributed by atoms with Crippen molar-refractivity contribution >= 4 is 20.1 Å². The topological polar surface area (TPSA) is 52.6 Å². The van der Waals surface area contributed by atoms with Crippen LogP contribution in [-0.2, 0) is 18.8 Å². The van der Waals surface area contributed by atoms with Gasteiger partial charge in [0, 0.05) is 18.3 Å². The van der Waals surface area contributed by atoms with E-state index in [1.165, 1.54) is 20.0 Å². The van der Waals surface area contributed by atoms with Gasteiger partial charge in [-0.1, -0.05) is 77.3 Å². The molecule has 0 bridgehead atoms. The number of rotatable bonds is 14. The molecule has 0 spiro atoms. The largest absolute Gasteiger partial charge is 0.469 e. The molecular weight excluding hydrogens is 416 g/mol. The van der Waals surface area contributed by atoms with Gasteiger partial charge in [-0.3, -0.25) is 9.59 Å². The van der Waals surface area contributed by atoms with Crippen molar-refractivity contribution in [1.82, 2.24) is 0 Å². The van der Waals surface area contributed by atoms with Crippen molar-refractivity contribution in [2.75, 3.05) is 7.11 Å². The Bertz CT molecular complexity index is 670. The number of ketones is 1. The van der Waals surface area contributed by atoms with Crippen molar-refractivity contribution in [2.24, 2.45) is 11.8 Å². The predicted molar refractivity (Wildman–Crippen MR) is 136 cm³/mol. The van der Waals surface area contributed by atoms with Gasteiger partial charge in [0.15, 0.2) is 14.1 Å². The number of carbonyl (C=O) groups excluding carboxylic acids is 2. The summed E-state index contributed by atoms with van der Waals surface area (Å²) in [6, 6.07) is 0. The van der Waals surface area contributed by atoms with Gasteiger partial charge < -0.3 is 9.16 Å². The van der Waals surface area contributed by atoms with Crippen LogP contribution in [0.5, 0.6) is 0 Å². The van der Waals surface area contributed by atoms with Crippen LogP contribution in [0.15, 0.2) is 36.5 Å². The zero-order valence-corrected chi connectivity index (χ0v) is 22.5. The summed E-state index contributed by atoms with van der Waals surface area (Å²) < 4.78 is 11.4. The second-order valence-electron chi connectivity index (χ2n) is 10.4. The quantitative estimate of drug-likeness (QED) is 0.119. The van der Waals surface area contributed by atoms with E-state index >= 15 is 0 Å². The molecule has 3 atom stereocenters. The lowest BCUT2D eigenvalue weighted by atomic mass is 9.90. The second kappa shape index (κ2) is 13.9. The van der Waals surface area contributed by atoms with Crippen LogP contribution in [0.3, 0.4) is 0 Å². The number of unbranched alkanes of at least 4 members (excludes halogenated alkanes) is 3. The normalized spacial score (nSPS) is 20.5. The van der Waals surface area contributed by atoms with Crippen molar-refractivity contribution < 1.29 is 18.8 Å². The van der Waals surface area contributed by atoms with Crippen LogP contribution >= 0.6 is 0 Å². The van der Waals surface area contributed by atoms with Crippen LogP contribution in [0.4, 0.5) is 0 Å². The van der Waals surface area contributed by atoms with Crippen LogP contribution in [0.1, 0.15) is 79.1 Å². The fraction of sp³-hybridized carbons (Fsp3) is 0.704. The van der Waals surface area contributed by atoms with E-state index in [9.17, 15) is 9.59 Å². The average molecular weight is 463 g/mol. The first-order chi connectivity index (χ1) is 15.0. The molecule has 1 rings (SSSR count). The van der Waals surface area contributed by atoms with Crippen molar-refractivity contribution in [1.29, 1.82) is 0 Å². The smallest absolute Gasteiger partial charge is 0.305 e. The van der Waals surface area contributed by atoms with Crippen LogP contribution in [0.2, 0.25) is 18.1 Å². The molecule has 0 aromatic carbocycles. The minimum Gasteiger partial charge on any atom is -0.469 e. The van der Waals surface area contributed by atoms with Gasteiger partial charge in [0.2, 0.25) is 0 Å². The van der Waals surface area contributed by atoms with Crippen molar-refractivity contribution in [3.8, 4) is 0 Å². The fourth-order valence-corrected chi connectivity index (χ4v) is 4.86. The molecule has 3 unspecified atom stereocenters. The number of methoxy groups -OCH3 is 1. The summed E-state index contributed by atoms with van der Waals surface area (Å²) in [7, 11) is -0.448. The maximum atomic E-state index is 12.4. The molecule has 0 fully saturated rings. The monoisotopic (exact) mass is 462 g/mol. The van der Waals surface area contributed by atoms with E-state index < -0.39 is 8.32 Å². The molecule has 0 amide bonds. The Hall–Kier alpha value is -1.46. The number of hydrogen-bond donors (Lipinski definition) is 0. The summed E-state index contributed by atoms with van der Waals surface area (Å²) in [4.78, 5) is 23.6. The number of ether oxygens (including phenoxy) is 1. The molecule has 0 saturated carbocycles. The van der Waals surface area contributed by atoms with Gasteiger partial charge in [-0.15, -0.1) is 0 Å². The Balaban J connectivity index is 2.72. The highest BCUT2D eigenvalue weighted by Gasteiger charge is 2.38. The molecule has 1 aliphatic rings. The molecule has 4 nitrogen and oxygen atoms in total. The molecule has 182 valence electrons. The molecule has 0 radical (unpaired) electrons. The van der Waals surface area contributed by atoms with E-state index in [1.54, 1.807) is 6.08 Å². The average Bonchev–Trinajstić information content (AvgIpc) is 3.07. The van der Waals surface area contributed by atoms with Crippen LogP contribution in [0.25, 0.3) is 0 Å². The van der Waals surface area contributed by atoms with Crippen LogP contribution < -0.4 is 0 Å². The first kappa shape index (κ1) is 28.6. The first-order valence-corrected chi connectivity index (χ1v) is 15.2. The van der Waals surface area contributed by atoms with E-state index in [0.29, 0.717) is 6.42 Å². The zero-order valence-electron chi connectivity index (χ0n) is 21.5. The predicted octanol–water partition coefficient (Wildman–Crippen LogP) is 7.17. The van der Waals surface area contributed by atoms with Gasteiger partial charge in [-0.05, 0) is 49.9 Å². The number of carbonyl (C=O) groups is 2. The highest BCUT2D eigenvalue weighted by Crippen LogP contribution is 2.38. The van der Waals surface area contributed by atoms with Crippen molar-refractivity contribution in [3.63, 3.8) is 0 Å². The van der Waals surface area contributed by atoms with E-state index in [2.05, 4.69) is 69.8 Å². The van der Waals surface area contributed by atoms with Gasteiger partial charge in [0.05, 0.1) is 13.2 Å². The minimum atomic E-state index is -1.86. The summed E-state index contributed by atoms with van der Waals surface area (Å²) in [5, 5.41) is 0.175. The maximum Gasteiger partial charge on any atom is 0.305 e. The Labute approximate surface area is 197 Å².